The lowest BCUT2D eigenvalue weighted by Crippen LogP contribution is -2.36. The first-order chi connectivity index (χ1) is 14.5. The van der Waals surface area contributed by atoms with Gasteiger partial charge in [0.1, 0.15) is 10.7 Å². The molecule has 2 aromatic heterocycles. The number of hydrogen-bond donors (Lipinski definition) is 1. The summed E-state index contributed by atoms with van der Waals surface area (Å²) in [4.78, 5) is 37.4. The van der Waals surface area contributed by atoms with Crippen molar-refractivity contribution in [3.8, 4) is 10.4 Å². The van der Waals surface area contributed by atoms with Crippen molar-refractivity contribution >= 4 is 28.2 Å². The second-order valence-corrected chi connectivity index (χ2v) is 8.50. The second-order valence-electron chi connectivity index (χ2n) is 7.48. The Balaban J connectivity index is 1.72. The molecular formula is C23H24N4O2S. The van der Waals surface area contributed by atoms with E-state index in [1.54, 1.807) is 6.20 Å². The number of nitrogens with one attached hydrogen (secondary N) is 1. The molecule has 1 aliphatic rings. The van der Waals surface area contributed by atoms with Gasteiger partial charge in [0.05, 0.1) is 17.5 Å². The van der Waals surface area contributed by atoms with Crippen LogP contribution in [0.1, 0.15) is 51.4 Å². The zero-order chi connectivity index (χ0) is 21.1. The van der Waals surface area contributed by atoms with Gasteiger partial charge in [0.25, 0.3) is 11.8 Å². The number of rotatable bonds is 4. The van der Waals surface area contributed by atoms with Gasteiger partial charge in [0.15, 0.2) is 0 Å². The molecule has 4 rings (SSSR count). The Kier molecular flexibility index (Phi) is 5.90. The van der Waals surface area contributed by atoms with Crippen LogP contribution >= 0.6 is 11.3 Å². The van der Waals surface area contributed by atoms with Crippen LogP contribution in [0.25, 0.3) is 10.4 Å². The Morgan fingerprint density at radius 1 is 1.00 bits per heavy atom. The molecule has 0 saturated carbocycles. The standard InChI is InChI=1S/C23H24N4O2S/c1-15-13-25-18(14-24-15)21(28)26-22-19(23(29)27-11-7-4-8-12-27)16(2)20(30-22)17-9-5-3-6-10-17/h3,5-6,9-10,13-14H,4,7-8,11-12H2,1-2H3,(H,26,28). The zero-order valence-corrected chi connectivity index (χ0v) is 18.0. The highest BCUT2D eigenvalue weighted by Crippen LogP contribution is 2.40. The Morgan fingerprint density at radius 2 is 1.73 bits per heavy atom. The Labute approximate surface area is 180 Å². The third-order valence-electron chi connectivity index (χ3n) is 5.28. The number of aryl methyl sites for hydroxylation is 1. The number of hydrogen-bond acceptors (Lipinski definition) is 5. The molecule has 30 heavy (non-hydrogen) atoms. The molecule has 0 unspecified atom stereocenters. The topological polar surface area (TPSA) is 75.2 Å². The summed E-state index contributed by atoms with van der Waals surface area (Å²) in [5.41, 5.74) is 3.47. The van der Waals surface area contributed by atoms with E-state index in [-0.39, 0.29) is 17.5 Å². The molecule has 1 N–H and O–H groups in total. The summed E-state index contributed by atoms with van der Waals surface area (Å²) >= 11 is 1.43. The predicted molar refractivity (Wildman–Crippen MR) is 119 cm³/mol. The van der Waals surface area contributed by atoms with E-state index in [1.165, 1.54) is 17.5 Å². The smallest absolute Gasteiger partial charge is 0.276 e. The summed E-state index contributed by atoms with van der Waals surface area (Å²) in [7, 11) is 0. The minimum Gasteiger partial charge on any atom is -0.339 e. The Morgan fingerprint density at radius 3 is 2.40 bits per heavy atom. The van der Waals surface area contributed by atoms with E-state index >= 15 is 0 Å². The highest BCUT2D eigenvalue weighted by atomic mass is 32.1. The maximum atomic E-state index is 13.4. The summed E-state index contributed by atoms with van der Waals surface area (Å²) in [6.07, 6.45) is 6.19. The quantitative estimate of drug-likeness (QED) is 0.664. The minimum absolute atomic E-state index is 0.0177. The summed E-state index contributed by atoms with van der Waals surface area (Å²) in [5.74, 6) is -0.382. The molecule has 1 aromatic carbocycles. The molecule has 1 fully saturated rings. The first-order valence-corrected chi connectivity index (χ1v) is 10.9. The van der Waals surface area contributed by atoms with Crippen LogP contribution in [0, 0.1) is 13.8 Å². The molecule has 6 nitrogen and oxygen atoms in total. The fraction of sp³-hybridized carbons (Fsp3) is 0.304. The van der Waals surface area contributed by atoms with Crippen molar-refractivity contribution in [1.82, 2.24) is 14.9 Å². The van der Waals surface area contributed by atoms with Crippen molar-refractivity contribution in [3.05, 3.63) is 65.2 Å². The number of amides is 2. The molecule has 154 valence electrons. The molecular weight excluding hydrogens is 396 g/mol. The second kappa shape index (κ2) is 8.75. The van der Waals surface area contributed by atoms with Gasteiger partial charge in [0.2, 0.25) is 0 Å². The fourth-order valence-corrected chi connectivity index (χ4v) is 4.86. The van der Waals surface area contributed by atoms with Gasteiger partial charge in [-0.05, 0) is 44.2 Å². The van der Waals surface area contributed by atoms with E-state index in [0.29, 0.717) is 10.6 Å². The van der Waals surface area contributed by atoms with Gasteiger partial charge < -0.3 is 10.2 Å². The first-order valence-electron chi connectivity index (χ1n) is 10.1. The molecule has 0 radical (unpaired) electrons. The lowest BCUT2D eigenvalue weighted by molar-refractivity contribution is 0.0725. The number of nitrogens with zero attached hydrogens (tertiary/aromatic N) is 3. The maximum absolute atomic E-state index is 13.4. The third kappa shape index (κ3) is 4.11. The number of benzene rings is 1. The summed E-state index contributed by atoms with van der Waals surface area (Å²) in [6, 6.07) is 9.95. The number of carbonyl (C=O) groups is 2. The van der Waals surface area contributed by atoms with E-state index in [2.05, 4.69) is 15.3 Å². The van der Waals surface area contributed by atoms with Crippen molar-refractivity contribution < 1.29 is 9.59 Å². The number of carbonyl (C=O) groups excluding carboxylic acids is 2. The van der Waals surface area contributed by atoms with Crippen LogP contribution in [-0.4, -0.2) is 39.8 Å². The van der Waals surface area contributed by atoms with Crippen molar-refractivity contribution in [2.75, 3.05) is 18.4 Å². The van der Waals surface area contributed by atoms with E-state index in [1.807, 2.05) is 49.1 Å². The van der Waals surface area contributed by atoms with Crippen LogP contribution in [0.5, 0.6) is 0 Å². The number of thiophene rings is 1. The van der Waals surface area contributed by atoms with Crippen LogP contribution < -0.4 is 5.32 Å². The number of anilines is 1. The van der Waals surface area contributed by atoms with Gasteiger partial charge in [0, 0.05) is 24.2 Å². The highest BCUT2D eigenvalue weighted by molar-refractivity contribution is 7.20. The minimum atomic E-state index is -0.365. The van der Waals surface area contributed by atoms with Crippen molar-refractivity contribution in [2.45, 2.75) is 33.1 Å². The van der Waals surface area contributed by atoms with Crippen LogP contribution in [-0.2, 0) is 0 Å². The van der Waals surface area contributed by atoms with Crippen molar-refractivity contribution in [2.24, 2.45) is 0 Å². The largest absolute Gasteiger partial charge is 0.339 e. The van der Waals surface area contributed by atoms with Crippen molar-refractivity contribution in [3.63, 3.8) is 0 Å². The number of aromatic nitrogens is 2. The van der Waals surface area contributed by atoms with Gasteiger partial charge in [-0.15, -0.1) is 11.3 Å². The van der Waals surface area contributed by atoms with Gasteiger partial charge in [-0.25, -0.2) is 4.98 Å². The molecule has 3 aromatic rings. The average molecular weight is 421 g/mol. The molecule has 3 heterocycles. The van der Waals surface area contributed by atoms with Crippen LogP contribution in [0.4, 0.5) is 5.00 Å². The Hall–Kier alpha value is -3.06. The average Bonchev–Trinajstić information content (AvgIpc) is 3.10. The maximum Gasteiger partial charge on any atom is 0.276 e. The highest BCUT2D eigenvalue weighted by Gasteiger charge is 2.28. The SMILES string of the molecule is Cc1cnc(C(=O)Nc2sc(-c3ccccc3)c(C)c2C(=O)N2CCCCC2)cn1. The molecule has 0 aliphatic carbocycles. The van der Waals surface area contributed by atoms with Crippen molar-refractivity contribution in [1.29, 1.82) is 0 Å². The molecule has 0 spiro atoms. The summed E-state index contributed by atoms with van der Waals surface area (Å²) in [6.45, 7) is 5.29. The lowest BCUT2D eigenvalue weighted by Gasteiger charge is -2.27. The normalized spacial score (nSPS) is 13.9. The molecule has 0 bridgehead atoms. The van der Waals surface area contributed by atoms with Crippen LogP contribution in [0.3, 0.4) is 0 Å². The number of piperidine rings is 1. The van der Waals surface area contributed by atoms with Crippen LogP contribution in [0.15, 0.2) is 42.7 Å². The molecule has 0 atom stereocenters. The van der Waals surface area contributed by atoms with E-state index in [4.69, 9.17) is 0 Å². The van der Waals surface area contributed by atoms with E-state index < -0.39 is 0 Å². The predicted octanol–water partition coefficient (Wildman–Crippen LogP) is 4.70. The van der Waals surface area contributed by atoms with E-state index in [9.17, 15) is 9.59 Å². The monoisotopic (exact) mass is 420 g/mol. The Bertz CT molecular complexity index is 1050. The van der Waals surface area contributed by atoms with Gasteiger partial charge in [-0.2, -0.15) is 0 Å². The summed E-state index contributed by atoms with van der Waals surface area (Å²) < 4.78 is 0. The van der Waals surface area contributed by atoms with Crippen LogP contribution in [0.2, 0.25) is 0 Å². The van der Waals surface area contributed by atoms with Gasteiger partial charge >= 0.3 is 0 Å². The molecule has 7 heteroatoms. The molecule has 1 saturated heterocycles. The third-order valence-corrected chi connectivity index (χ3v) is 6.54. The van der Waals surface area contributed by atoms with Gasteiger partial charge in [-0.1, -0.05) is 30.3 Å². The first kappa shape index (κ1) is 20.2. The fourth-order valence-electron chi connectivity index (χ4n) is 3.66. The van der Waals surface area contributed by atoms with Gasteiger partial charge in [-0.3, -0.25) is 14.6 Å². The van der Waals surface area contributed by atoms with E-state index in [0.717, 1.165) is 54.0 Å². The number of likely N-dealkylation sites (tertiary alicyclic amines) is 1. The zero-order valence-electron chi connectivity index (χ0n) is 17.1. The molecule has 1 aliphatic heterocycles. The molecule has 2 amide bonds. The lowest BCUT2D eigenvalue weighted by atomic mass is 10.0. The summed E-state index contributed by atoms with van der Waals surface area (Å²) in [5, 5.41) is 3.49.